The van der Waals surface area contributed by atoms with Gasteiger partial charge in [-0.25, -0.2) is 0 Å². The molecule has 3 rings (SSSR count). The van der Waals surface area contributed by atoms with Crippen LogP contribution in [0.25, 0.3) is 0 Å². The highest BCUT2D eigenvalue weighted by Crippen LogP contribution is 2.46. The summed E-state index contributed by atoms with van der Waals surface area (Å²) in [5.74, 6) is 0.462. The van der Waals surface area contributed by atoms with Crippen molar-refractivity contribution in [2.45, 2.75) is 63.8 Å². The fraction of sp³-hybridized carbons (Fsp3) is 0.500. The molecule has 3 heteroatoms. The van der Waals surface area contributed by atoms with Gasteiger partial charge in [0.05, 0.1) is 11.5 Å². The first-order chi connectivity index (χ1) is 14.2. The number of hydrogen-bond donors (Lipinski definition) is 0. The van der Waals surface area contributed by atoms with Gasteiger partial charge >= 0.3 is 0 Å². The van der Waals surface area contributed by atoms with Gasteiger partial charge in [-0.1, -0.05) is 90.6 Å². The summed E-state index contributed by atoms with van der Waals surface area (Å²) in [5, 5.41) is 10.5. The van der Waals surface area contributed by atoms with E-state index in [9.17, 15) is 5.26 Å². The molecule has 29 heavy (non-hydrogen) atoms. The normalized spacial score (nSPS) is 17.0. The highest BCUT2D eigenvalue weighted by Gasteiger charge is 2.41. The number of nitriles is 1. The fourth-order valence-electron chi connectivity index (χ4n) is 4.96. The van der Waals surface area contributed by atoms with E-state index in [1.54, 1.807) is 0 Å². The summed E-state index contributed by atoms with van der Waals surface area (Å²) in [6.45, 7) is 5.28. The van der Waals surface area contributed by atoms with Crippen LogP contribution in [0.5, 0.6) is 0 Å². The highest BCUT2D eigenvalue weighted by atomic mass is 79.9. The maximum absolute atomic E-state index is 10.5. The molecule has 2 aromatic rings. The molecular formula is C26H33BrN2. The van der Waals surface area contributed by atoms with Crippen LogP contribution in [0, 0.1) is 17.2 Å². The summed E-state index contributed by atoms with van der Waals surface area (Å²) in [7, 11) is 0. The van der Waals surface area contributed by atoms with E-state index >= 15 is 0 Å². The van der Waals surface area contributed by atoms with Gasteiger partial charge in [0.2, 0.25) is 0 Å². The number of benzene rings is 2. The fourth-order valence-corrected chi connectivity index (χ4v) is 5.60. The summed E-state index contributed by atoms with van der Waals surface area (Å²) in [6.07, 6.45) is 8.16. The third-order valence-electron chi connectivity index (χ3n) is 6.60. The number of hydrogen-bond acceptors (Lipinski definition) is 2. The molecule has 0 amide bonds. The number of nitrogens with zero attached hydrogens (tertiary/aromatic N) is 2. The Kier molecular flexibility index (Phi) is 8.33. The SMILES string of the molecule is CCN(CCCC(C#N)(c1ccccc1Br)C1CCCCC1)Cc1ccccc1. The van der Waals surface area contributed by atoms with Gasteiger partial charge in [-0.15, -0.1) is 0 Å². The molecule has 1 aliphatic carbocycles. The maximum Gasteiger partial charge on any atom is 0.0861 e. The van der Waals surface area contributed by atoms with E-state index in [-0.39, 0.29) is 5.41 Å². The van der Waals surface area contributed by atoms with Crippen molar-refractivity contribution in [3.63, 3.8) is 0 Å². The van der Waals surface area contributed by atoms with Crippen LogP contribution >= 0.6 is 15.9 Å². The van der Waals surface area contributed by atoms with Crippen LogP contribution in [-0.2, 0) is 12.0 Å². The monoisotopic (exact) mass is 452 g/mol. The molecule has 0 bridgehead atoms. The van der Waals surface area contributed by atoms with Crippen molar-refractivity contribution in [2.75, 3.05) is 13.1 Å². The van der Waals surface area contributed by atoms with Crippen LogP contribution in [0.3, 0.4) is 0 Å². The predicted molar refractivity (Wildman–Crippen MR) is 125 cm³/mol. The third kappa shape index (κ3) is 5.50. The molecule has 1 fully saturated rings. The molecule has 154 valence electrons. The zero-order valence-corrected chi connectivity index (χ0v) is 19.2. The molecule has 0 N–H and O–H groups in total. The Hall–Kier alpha value is -1.63. The Labute approximate surface area is 185 Å². The van der Waals surface area contributed by atoms with Gasteiger partial charge in [-0.2, -0.15) is 5.26 Å². The third-order valence-corrected chi connectivity index (χ3v) is 7.29. The Bertz CT molecular complexity index is 792. The minimum Gasteiger partial charge on any atom is -0.299 e. The second-order valence-electron chi connectivity index (χ2n) is 8.36. The average molecular weight is 453 g/mol. The van der Waals surface area contributed by atoms with Gasteiger partial charge < -0.3 is 0 Å². The van der Waals surface area contributed by atoms with Crippen molar-refractivity contribution in [3.8, 4) is 6.07 Å². The predicted octanol–water partition coefficient (Wildman–Crippen LogP) is 7.09. The van der Waals surface area contributed by atoms with Crippen molar-refractivity contribution in [1.82, 2.24) is 4.90 Å². The van der Waals surface area contributed by atoms with Crippen molar-refractivity contribution in [2.24, 2.45) is 5.92 Å². The Morgan fingerprint density at radius 1 is 1.03 bits per heavy atom. The number of halogens is 1. The summed E-state index contributed by atoms with van der Waals surface area (Å²) in [6, 6.07) is 21.9. The minimum atomic E-state index is -0.382. The van der Waals surface area contributed by atoms with E-state index in [0.717, 1.165) is 36.9 Å². The van der Waals surface area contributed by atoms with Gasteiger partial charge in [-0.05, 0) is 61.9 Å². The maximum atomic E-state index is 10.5. The molecule has 0 saturated heterocycles. The molecule has 1 atom stereocenters. The first-order valence-electron chi connectivity index (χ1n) is 11.1. The molecule has 0 spiro atoms. The van der Waals surface area contributed by atoms with E-state index in [1.165, 1.54) is 43.2 Å². The van der Waals surface area contributed by atoms with E-state index < -0.39 is 0 Å². The van der Waals surface area contributed by atoms with Crippen molar-refractivity contribution < 1.29 is 0 Å². The van der Waals surface area contributed by atoms with Crippen LogP contribution in [-0.4, -0.2) is 18.0 Å². The van der Waals surface area contributed by atoms with Crippen molar-refractivity contribution >= 4 is 15.9 Å². The molecule has 1 saturated carbocycles. The first-order valence-corrected chi connectivity index (χ1v) is 11.9. The first kappa shape index (κ1) is 22.1. The topological polar surface area (TPSA) is 27.0 Å². The minimum absolute atomic E-state index is 0.382. The lowest BCUT2D eigenvalue weighted by atomic mass is 9.63. The van der Waals surface area contributed by atoms with Crippen LogP contribution in [0.1, 0.15) is 63.0 Å². The van der Waals surface area contributed by atoms with Crippen LogP contribution in [0.15, 0.2) is 59.1 Å². The Balaban J connectivity index is 1.74. The zero-order chi connectivity index (χ0) is 20.5. The summed E-state index contributed by atoms with van der Waals surface area (Å²) in [5.41, 5.74) is 2.17. The largest absolute Gasteiger partial charge is 0.299 e. The van der Waals surface area contributed by atoms with E-state index in [4.69, 9.17) is 0 Å². The van der Waals surface area contributed by atoms with Crippen LogP contribution in [0.4, 0.5) is 0 Å². The van der Waals surface area contributed by atoms with Gasteiger partial charge in [0.1, 0.15) is 0 Å². The van der Waals surface area contributed by atoms with Gasteiger partial charge in [0.15, 0.2) is 0 Å². The summed E-state index contributed by atoms with van der Waals surface area (Å²) in [4.78, 5) is 2.50. The van der Waals surface area contributed by atoms with Gasteiger partial charge in [-0.3, -0.25) is 4.90 Å². The van der Waals surface area contributed by atoms with Gasteiger partial charge in [0.25, 0.3) is 0 Å². The molecule has 2 nitrogen and oxygen atoms in total. The molecule has 1 unspecified atom stereocenters. The molecule has 0 radical (unpaired) electrons. The molecule has 0 aromatic heterocycles. The lowest BCUT2D eigenvalue weighted by Crippen LogP contribution is -2.37. The van der Waals surface area contributed by atoms with E-state index in [2.05, 4.69) is 88.4 Å². The summed E-state index contributed by atoms with van der Waals surface area (Å²) < 4.78 is 1.09. The van der Waals surface area contributed by atoms with Crippen LogP contribution < -0.4 is 0 Å². The lowest BCUT2D eigenvalue weighted by Gasteiger charge is -2.39. The lowest BCUT2D eigenvalue weighted by molar-refractivity contribution is 0.214. The van der Waals surface area contributed by atoms with E-state index in [0.29, 0.717) is 5.92 Å². The zero-order valence-electron chi connectivity index (χ0n) is 17.6. The van der Waals surface area contributed by atoms with Crippen molar-refractivity contribution in [3.05, 3.63) is 70.2 Å². The smallest absolute Gasteiger partial charge is 0.0861 e. The van der Waals surface area contributed by atoms with Crippen LogP contribution in [0.2, 0.25) is 0 Å². The van der Waals surface area contributed by atoms with Crippen molar-refractivity contribution in [1.29, 1.82) is 5.26 Å². The second-order valence-corrected chi connectivity index (χ2v) is 9.21. The van der Waals surface area contributed by atoms with Gasteiger partial charge in [0, 0.05) is 11.0 Å². The molecular weight excluding hydrogens is 420 g/mol. The second kappa shape index (κ2) is 11.0. The van der Waals surface area contributed by atoms with E-state index in [1.807, 2.05) is 0 Å². The Morgan fingerprint density at radius 2 is 1.72 bits per heavy atom. The molecule has 0 aliphatic heterocycles. The highest BCUT2D eigenvalue weighted by molar-refractivity contribution is 9.10. The molecule has 0 heterocycles. The molecule has 2 aromatic carbocycles. The quantitative estimate of drug-likeness (QED) is 0.405. The average Bonchev–Trinajstić information content (AvgIpc) is 2.78. The Morgan fingerprint density at radius 3 is 2.38 bits per heavy atom. The number of rotatable bonds is 9. The molecule has 1 aliphatic rings. The summed E-state index contributed by atoms with van der Waals surface area (Å²) >= 11 is 3.76. The standard InChI is InChI=1S/C26H33BrN2/c1-2-29(20-22-12-5-3-6-13-22)19-11-18-26(21-28,23-14-7-4-8-15-23)24-16-9-10-17-25(24)27/h3,5-6,9-10,12-13,16-17,23H,2,4,7-8,11,14-15,18-20H2,1H3.